The minimum Gasteiger partial charge on any atom is -0.507 e. The number of aromatic hydroxyl groups is 2. The van der Waals surface area contributed by atoms with Gasteiger partial charge in [-0.25, -0.2) is 9.59 Å². The molecule has 0 aromatic heterocycles. The zero-order chi connectivity index (χ0) is 18.8. The van der Waals surface area contributed by atoms with Gasteiger partial charge in [0.1, 0.15) is 22.6 Å². The number of rotatable bonds is 4. The lowest BCUT2D eigenvalue weighted by Gasteiger charge is -2.07. The zero-order valence-electron chi connectivity index (χ0n) is 13.1. The second-order valence-corrected chi connectivity index (χ2v) is 5.35. The second-order valence-electron chi connectivity index (χ2n) is 5.35. The quantitative estimate of drug-likeness (QED) is 0.522. The van der Waals surface area contributed by atoms with E-state index >= 15 is 0 Å². The first kappa shape index (κ1) is 16.9. The van der Waals surface area contributed by atoms with Crippen LogP contribution in [-0.2, 0) is 0 Å². The molecule has 130 valence electrons. The van der Waals surface area contributed by atoms with Gasteiger partial charge < -0.3 is 20.4 Å². The number of carboxylic acid groups (broad SMARTS) is 2. The molecule has 4 N–H and O–H groups in total. The van der Waals surface area contributed by atoms with Gasteiger partial charge in [0.2, 0.25) is 0 Å². The van der Waals surface area contributed by atoms with Crippen molar-refractivity contribution in [3.63, 3.8) is 0 Å². The van der Waals surface area contributed by atoms with Crippen molar-refractivity contribution in [2.24, 2.45) is 10.2 Å². The molecular formula is C18H12N2O6. The van der Waals surface area contributed by atoms with Gasteiger partial charge in [-0.15, -0.1) is 5.11 Å². The van der Waals surface area contributed by atoms with Crippen molar-refractivity contribution in [1.29, 1.82) is 0 Å². The number of azo groups is 1. The first-order valence-electron chi connectivity index (χ1n) is 7.34. The summed E-state index contributed by atoms with van der Waals surface area (Å²) in [5, 5.41) is 46.6. The predicted octanol–water partition coefficient (Wildman–Crippen LogP) is 4.06. The van der Waals surface area contributed by atoms with Gasteiger partial charge in [0.25, 0.3) is 0 Å². The molecule has 0 fully saturated rings. The molecule has 3 aromatic rings. The topological polar surface area (TPSA) is 140 Å². The van der Waals surface area contributed by atoms with Crippen LogP contribution in [-0.4, -0.2) is 32.4 Å². The van der Waals surface area contributed by atoms with Crippen LogP contribution in [0.1, 0.15) is 20.7 Å². The van der Waals surface area contributed by atoms with Gasteiger partial charge in [0, 0.05) is 16.8 Å². The maximum Gasteiger partial charge on any atom is 0.339 e. The molecule has 0 aliphatic heterocycles. The molecule has 3 rings (SSSR count). The second kappa shape index (κ2) is 6.52. The largest absolute Gasteiger partial charge is 0.507 e. The molecule has 0 bridgehead atoms. The number of phenols is 2. The number of nitrogens with zero attached hydrogens (tertiary/aromatic N) is 2. The fraction of sp³-hybridized carbons (Fsp3) is 0. The summed E-state index contributed by atoms with van der Waals surface area (Å²) in [6.45, 7) is 0. The lowest BCUT2D eigenvalue weighted by atomic mass is 10.0. The number of fused-ring (bicyclic) bond motifs is 1. The number of benzene rings is 3. The highest BCUT2D eigenvalue weighted by Crippen LogP contribution is 2.37. The zero-order valence-corrected chi connectivity index (χ0v) is 13.1. The summed E-state index contributed by atoms with van der Waals surface area (Å²) in [5.41, 5.74) is -0.201. The molecule has 0 atom stereocenters. The lowest BCUT2D eigenvalue weighted by molar-refractivity contribution is 0.0682. The van der Waals surface area contributed by atoms with E-state index in [1.807, 2.05) is 0 Å². The Bertz CT molecular complexity index is 1070. The van der Waals surface area contributed by atoms with E-state index in [4.69, 9.17) is 5.11 Å². The van der Waals surface area contributed by atoms with Crippen LogP contribution in [0.15, 0.2) is 58.8 Å². The van der Waals surface area contributed by atoms with E-state index < -0.39 is 17.7 Å². The average Bonchev–Trinajstić information content (AvgIpc) is 2.61. The summed E-state index contributed by atoms with van der Waals surface area (Å²) in [4.78, 5) is 22.2. The van der Waals surface area contributed by atoms with E-state index in [1.54, 1.807) is 24.3 Å². The molecule has 8 nitrogen and oxygen atoms in total. The SMILES string of the molecule is O=C(O)c1ccc(N=Nc2cc(C(=O)O)c(O)c3ccccc23)cc1O. The molecule has 0 amide bonds. The van der Waals surface area contributed by atoms with Crippen molar-refractivity contribution in [3.05, 3.63) is 59.7 Å². The molecule has 0 unspecified atom stereocenters. The van der Waals surface area contributed by atoms with E-state index in [9.17, 15) is 24.9 Å². The van der Waals surface area contributed by atoms with E-state index in [0.29, 0.717) is 10.8 Å². The van der Waals surface area contributed by atoms with Crippen LogP contribution in [0.2, 0.25) is 0 Å². The number of hydrogen-bond donors (Lipinski definition) is 4. The van der Waals surface area contributed by atoms with Crippen molar-refractivity contribution in [3.8, 4) is 11.5 Å². The number of carbonyl (C=O) groups is 2. The van der Waals surface area contributed by atoms with Gasteiger partial charge in [0.15, 0.2) is 0 Å². The summed E-state index contributed by atoms with van der Waals surface area (Å²) < 4.78 is 0. The normalized spacial score (nSPS) is 11.1. The van der Waals surface area contributed by atoms with E-state index in [2.05, 4.69) is 10.2 Å². The summed E-state index contributed by atoms with van der Waals surface area (Å²) in [6.07, 6.45) is 0. The van der Waals surface area contributed by atoms with Gasteiger partial charge in [-0.1, -0.05) is 24.3 Å². The monoisotopic (exact) mass is 352 g/mol. The van der Waals surface area contributed by atoms with Crippen LogP contribution in [0.25, 0.3) is 10.8 Å². The van der Waals surface area contributed by atoms with Gasteiger partial charge in [-0.3, -0.25) is 0 Å². The Balaban J connectivity index is 2.10. The molecule has 0 saturated carbocycles. The Morgan fingerprint density at radius 2 is 1.42 bits per heavy atom. The summed E-state index contributed by atoms with van der Waals surface area (Å²) in [6, 6.07) is 11.4. The summed E-state index contributed by atoms with van der Waals surface area (Å²) >= 11 is 0. The minimum absolute atomic E-state index is 0.182. The third-order valence-electron chi connectivity index (χ3n) is 3.71. The van der Waals surface area contributed by atoms with E-state index in [1.165, 1.54) is 18.2 Å². The molecule has 0 aliphatic carbocycles. The number of aromatic carboxylic acids is 2. The van der Waals surface area contributed by atoms with E-state index in [0.717, 1.165) is 6.07 Å². The number of hydrogen-bond acceptors (Lipinski definition) is 6. The van der Waals surface area contributed by atoms with Gasteiger partial charge >= 0.3 is 11.9 Å². The van der Waals surface area contributed by atoms with Crippen molar-refractivity contribution in [2.75, 3.05) is 0 Å². The summed E-state index contributed by atoms with van der Waals surface area (Å²) in [5.74, 6) is -3.42. The maximum atomic E-state index is 11.3. The maximum absolute atomic E-state index is 11.3. The molecule has 3 aromatic carbocycles. The van der Waals surface area contributed by atoms with Crippen LogP contribution >= 0.6 is 0 Å². The van der Waals surface area contributed by atoms with Crippen LogP contribution in [0.4, 0.5) is 11.4 Å². The molecule has 0 aliphatic rings. The van der Waals surface area contributed by atoms with Gasteiger partial charge in [-0.05, 0) is 18.2 Å². The van der Waals surface area contributed by atoms with Gasteiger partial charge in [0.05, 0.1) is 11.4 Å². The fourth-order valence-corrected chi connectivity index (χ4v) is 2.46. The lowest BCUT2D eigenvalue weighted by Crippen LogP contribution is -1.97. The minimum atomic E-state index is -1.31. The van der Waals surface area contributed by atoms with Crippen molar-refractivity contribution >= 4 is 34.1 Å². The van der Waals surface area contributed by atoms with E-state index in [-0.39, 0.29) is 28.3 Å². The Morgan fingerprint density at radius 3 is 2.04 bits per heavy atom. The Hall–Kier alpha value is -3.94. The molecule has 0 spiro atoms. The highest BCUT2D eigenvalue weighted by atomic mass is 16.4. The molecule has 0 radical (unpaired) electrons. The highest BCUT2D eigenvalue weighted by Gasteiger charge is 2.16. The standard InChI is InChI=1S/C18H12N2O6/c21-15-7-9(5-6-12(15)17(23)24)19-20-14-8-13(18(25)26)16(22)11-4-2-1-3-10(11)14/h1-8,21-22H,(H,23,24)(H,25,26). The highest BCUT2D eigenvalue weighted by molar-refractivity contribution is 6.05. The van der Waals surface area contributed by atoms with Crippen molar-refractivity contribution in [1.82, 2.24) is 0 Å². The third-order valence-corrected chi connectivity index (χ3v) is 3.71. The molecule has 26 heavy (non-hydrogen) atoms. The Morgan fingerprint density at radius 1 is 0.769 bits per heavy atom. The Kier molecular flexibility index (Phi) is 4.24. The van der Waals surface area contributed by atoms with Crippen LogP contribution in [0, 0.1) is 0 Å². The smallest absolute Gasteiger partial charge is 0.339 e. The van der Waals surface area contributed by atoms with Crippen LogP contribution in [0.3, 0.4) is 0 Å². The molecule has 0 saturated heterocycles. The predicted molar refractivity (Wildman–Crippen MR) is 91.8 cm³/mol. The molecule has 8 heteroatoms. The fourth-order valence-electron chi connectivity index (χ4n) is 2.46. The molecular weight excluding hydrogens is 340 g/mol. The van der Waals surface area contributed by atoms with Gasteiger partial charge in [-0.2, -0.15) is 5.11 Å². The number of carboxylic acids is 2. The summed E-state index contributed by atoms with van der Waals surface area (Å²) in [7, 11) is 0. The third kappa shape index (κ3) is 3.03. The molecule has 0 heterocycles. The van der Waals surface area contributed by atoms with Crippen LogP contribution < -0.4 is 0 Å². The van der Waals surface area contributed by atoms with Crippen LogP contribution in [0.5, 0.6) is 11.5 Å². The van der Waals surface area contributed by atoms with Crippen molar-refractivity contribution in [2.45, 2.75) is 0 Å². The van der Waals surface area contributed by atoms with Crippen molar-refractivity contribution < 1.29 is 30.0 Å². The Labute approximate surface area is 146 Å². The first-order chi connectivity index (χ1) is 12.4. The first-order valence-corrected chi connectivity index (χ1v) is 7.34. The average molecular weight is 352 g/mol.